The Bertz CT molecular complexity index is 2250. The van der Waals surface area contributed by atoms with E-state index in [1.807, 2.05) is 72.8 Å². The first-order chi connectivity index (χ1) is 24.4. The molecule has 50 heavy (non-hydrogen) atoms. The van der Waals surface area contributed by atoms with Crippen molar-refractivity contribution in [1.82, 2.24) is 0 Å². The summed E-state index contributed by atoms with van der Waals surface area (Å²) in [4.78, 5) is 42.9. The Kier molecular flexibility index (Phi) is 8.76. The van der Waals surface area contributed by atoms with Gasteiger partial charge in [-0.3, -0.25) is 4.79 Å². The van der Waals surface area contributed by atoms with Gasteiger partial charge in [0.1, 0.15) is 34.0 Å². The molecule has 244 valence electrons. The first-order valence-corrected chi connectivity index (χ1v) is 15.6. The fraction of sp³-hybridized carbons (Fsp3) is 0. The third-order valence-electron chi connectivity index (χ3n) is 7.76. The molecule has 0 fully saturated rings. The molecule has 0 saturated heterocycles. The second-order valence-electron chi connectivity index (χ2n) is 11.1. The zero-order valence-corrected chi connectivity index (χ0v) is 26.4. The minimum atomic E-state index is -0.733. The van der Waals surface area contributed by atoms with E-state index >= 15 is 0 Å². The van der Waals surface area contributed by atoms with Gasteiger partial charge >= 0.3 is 12.2 Å². The number of hydrogen-bond acceptors (Lipinski definition) is 7. The van der Waals surface area contributed by atoms with Crippen molar-refractivity contribution >= 4 is 45.9 Å². The molecule has 1 N–H and O–H groups in total. The molecule has 1 aromatic heterocycles. The lowest BCUT2D eigenvalue weighted by atomic mass is 10.1. The normalized spacial score (nSPS) is 10.7. The standard InChI is InChI=1S/C41H28N2O7/c44-35-25-34(49-41(47)43(31-17-9-3-10-18-31)32-19-11-4-12-20-32)26-38-39(35)36(45)27-37(50-38)28-21-23-33(24-22-28)48-40(46)42(29-13-5-1-6-14-29)30-15-7-2-8-16-30/h1-27,44H. The van der Waals surface area contributed by atoms with Gasteiger partial charge in [-0.25, -0.2) is 19.4 Å². The SMILES string of the molecule is O=C(Oc1ccc(-c2cc(=O)c3c(O)cc(OC(=O)N(c4ccccc4)c4ccccc4)cc3o2)cc1)N(c1ccccc1)c1ccccc1. The fourth-order valence-electron chi connectivity index (χ4n) is 5.45. The van der Waals surface area contributed by atoms with Gasteiger partial charge in [-0.2, -0.15) is 0 Å². The molecule has 6 aromatic carbocycles. The number of nitrogens with zero attached hydrogens (tertiary/aromatic N) is 2. The minimum Gasteiger partial charge on any atom is -0.507 e. The number of fused-ring (bicyclic) bond motifs is 1. The molecular weight excluding hydrogens is 632 g/mol. The number of phenols is 1. The van der Waals surface area contributed by atoms with Crippen LogP contribution < -0.4 is 24.7 Å². The fourth-order valence-corrected chi connectivity index (χ4v) is 5.45. The van der Waals surface area contributed by atoms with Crippen LogP contribution >= 0.6 is 0 Å². The molecule has 7 aromatic rings. The van der Waals surface area contributed by atoms with E-state index in [0.29, 0.717) is 28.3 Å². The summed E-state index contributed by atoms with van der Waals surface area (Å²) in [5.74, 6) is 0.0293. The maximum absolute atomic E-state index is 13.5. The number of ether oxygens (including phenoxy) is 2. The Balaban J connectivity index is 1.15. The molecule has 1 heterocycles. The van der Waals surface area contributed by atoms with E-state index in [0.717, 1.165) is 0 Å². The van der Waals surface area contributed by atoms with Crippen molar-refractivity contribution in [3.8, 4) is 28.6 Å². The number of aromatic hydroxyl groups is 1. The van der Waals surface area contributed by atoms with Crippen molar-refractivity contribution in [3.63, 3.8) is 0 Å². The summed E-state index contributed by atoms with van der Waals surface area (Å²) in [6, 6.07) is 46.6. The molecule has 7 rings (SSSR count). The van der Waals surface area contributed by atoms with Crippen molar-refractivity contribution in [3.05, 3.63) is 174 Å². The van der Waals surface area contributed by atoms with Crippen molar-refractivity contribution in [2.45, 2.75) is 0 Å². The highest BCUT2D eigenvalue weighted by Crippen LogP contribution is 2.34. The highest BCUT2D eigenvalue weighted by Gasteiger charge is 2.23. The van der Waals surface area contributed by atoms with E-state index in [1.54, 1.807) is 72.8 Å². The summed E-state index contributed by atoms with van der Waals surface area (Å²) >= 11 is 0. The number of carbonyl (C=O) groups excluding carboxylic acids is 2. The van der Waals surface area contributed by atoms with Crippen LogP contribution in [0.5, 0.6) is 17.2 Å². The van der Waals surface area contributed by atoms with Gasteiger partial charge in [-0.05, 0) is 72.8 Å². The lowest BCUT2D eigenvalue weighted by molar-refractivity contribution is 0.209. The van der Waals surface area contributed by atoms with Crippen LogP contribution in [-0.2, 0) is 0 Å². The average molecular weight is 661 g/mol. The molecule has 9 nitrogen and oxygen atoms in total. The van der Waals surface area contributed by atoms with Crippen LogP contribution in [0.1, 0.15) is 0 Å². The third-order valence-corrected chi connectivity index (χ3v) is 7.76. The van der Waals surface area contributed by atoms with E-state index in [2.05, 4.69) is 0 Å². The molecule has 0 aliphatic heterocycles. The van der Waals surface area contributed by atoms with Gasteiger partial charge in [0.2, 0.25) is 0 Å². The molecule has 0 aliphatic rings. The number of hydrogen-bond donors (Lipinski definition) is 1. The van der Waals surface area contributed by atoms with Crippen LogP contribution in [0, 0.1) is 0 Å². The summed E-state index contributed by atoms with van der Waals surface area (Å²) < 4.78 is 17.5. The van der Waals surface area contributed by atoms with Crippen molar-refractivity contribution in [1.29, 1.82) is 0 Å². The molecule has 0 bridgehead atoms. The molecule has 9 heteroatoms. The summed E-state index contributed by atoms with van der Waals surface area (Å²) in [6.07, 6.45) is -1.34. The Morgan fingerprint density at radius 3 is 1.38 bits per heavy atom. The van der Waals surface area contributed by atoms with E-state index in [-0.39, 0.29) is 28.2 Å². The molecule has 0 spiro atoms. The second-order valence-corrected chi connectivity index (χ2v) is 11.1. The highest BCUT2D eigenvalue weighted by molar-refractivity contribution is 5.98. The topological polar surface area (TPSA) is 110 Å². The summed E-state index contributed by atoms with van der Waals surface area (Å²) in [6.45, 7) is 0. The zero-order chi connectivity index (χ0) is 34.5. The predicted octanol–water partition coefficient (Wildman–Crippen LogP) is 9.84. The molecule has 0 saturated carbocycles. The number of rotatable bonds is 7. The van der Waals surface area contributed by atoms with E-state index in [1.165, 1.54) is 28.0 Å². The maximum Gasteiger partial charge on any atom is 0.424 e. The van der Waals surface area contributed by atoms with Gasteiger partial charge in [0.25, 0.3) is 0 Å². The summed E-state index contributed by atoms with van der Waals surface area (Å²) in [5.41, 5.74) is 2.45. The summed E-state index contributed by atoms with van der Waals surface area (Å²) in [5, 5.41) is 10.7. The lowest BCUT2D eigenvalue weighted by Crippen LogP contribution is -2.29. The average Bonchev–Trinajstić information content (AvgIpc) is 3.13. The van der Waals surface area contributed by atoms with Crippen molar-refractivity contribution in [2.24, 2.45) is 0 Å². The van der Waals surface area contributed by atoms with Gasteiger partial charge in [0, 0.05) is 23.8 Å². The maximum atomic E-state index is 13.5. The zero-order valence-electron chi connectivity index (χ0n) is 26.4. The Hall–Kier alpha value is -7.13. The van der Waals surface area contributed by atoms with Gasteiger partial charge in [0.05, 0.1) is 22.7 Å². The number of amides is 2. The van der Waals surface area contributed by atoms with E-state index in [9.17, 15) is 19.5 Å². The first kappa shape index (κ1) is 31.5. The number of phenolic OH excluding ortho intramolecular Hbond substituents is 1. The van der Waals surface area contributed by atoms with E-state index < -0.39 is 23.4 Å². The molecule has 0 aliphatic carbocycles. The lowest BCUT2D eigenvalue weighted by Gasteiger charge is -2.22. The third kappa shape index (κ3) is 6.65. The predicted molar refractivity (Wildman–Crippen MR) is 192 cm³/mol. The molecule has 0 radical (unpaired) electrons. The number of anilines is 4. The van der Waals surface area contributed by atoms with Crippen LogP contribution in [0.4, 0.5) is 32.3 Å². The largest absolute Gasteiger partial charge is 0.507 e. The van der Waals surface area contributed by atoms with Crippen LogP contribution in [-0.4, -0.2) is 17.3 Å². The molecular formula is C41H28N2O7. The minimum absolute atomic E-state index is 0.0122. The number of benzene rings is 6. The number of carbonyl (C=O) groups is 2. The Morgan fingerprint density at radius 1 is 0.520 bits per heavy atom. The monoisotopic (exact) mass is 660 g/mol. The number of para-hydroxylation sites is 4. The van der Waals surface area contributed by atoms with Crippen LogP contribution in [0.3, 0.4) is 0 Å². The highest BCUT2D eigenvalue weighted by atomic mass is 16.6. The van der Waals surface area contributed by atoms with Gasteiger partial charge in [0.15, 0.2) is 5.43 Å². The first-order valence-electron chi connectivity index (χ1n) is 15.6. The smallest absolute Gasteiger partial charge is 0.424 e. The quantitative estimate of drug-likeness (QED) is 0.181. The van der Waals surface area contributed by atoms with Crippen LogP contribution in [0.2, 0.25) is 0 Å². The van der Waals surface area contributed by atoms with E-state index in [4.69, 9.17) is 13.9 Å². The van der Waals surface area contributed by atoms with Gasteiger partial charge in [-0.15, -0.1) is 0 Å². The molecule has 2 amide bonds. The summed E-state index contributed by atoms with van der Waals surface area (Å²) in [7, 11) is 0. The molecule has 0 atom stereocenters. The van der Waals surface area contributed by atoms with Gasteiger partial charge in [-0.1, -0.05) is 72.8 Å². The Morgan fingerprint density at radius 2 is 0.940 bits per heavy atom. The Labute approximate surface area is 286 Å². The van der Waals surface area contributed by atoms with Crippen LogP contribution in [0.25, 0.3) is 22.3 Å². The van der Waals surface area contributed by atoms with Crippen molar-refractivity contribution < 1.29 is 28.6 Å². The van der Waals surface area contributed by atoms with Crippen molar-refractivity contribution in [2.75, 3.05) is 9.80 Å². The molecule has 0 unspecified atom stereocenters. The van der Waals surface area contributed by atoms with Crippen LogP contribution in [0.15, 0.2) is 173 Å². The second kappa shape index (κ2) is 13.9. The van der Waals surface area contributed by atoms with Gasteiger partial charge < -0.3 is 19.0 Å².